The fraction of sp³-hybridized carbons (Fsp3) is 0.455. The Morgan fingerprint density at radius 2 is 2.19 bits per heavy atom. The molecule has 1 aromatic carbocycles. The van der Waals surface area contributed by atoms with E-state index in [0.717, 1.165) is 18.5 Å². The predicted octanol–water partition coefficient (Wildman–Crippen LogP) is 3.14. The summed E-state index contributed by atoms with van der Waals surface area (Å²) in [5.41, 5.74) is 1.12. The molecule has 1 saturated carbocycles. The molecule has 88 valence electrons. The number of nitrogens with one attached hydrogen (secondary N) is 1. The number of rotatable bonds is 4. The van der Waals surface area contributed by atoms with Crippen LogP contribution in [0, 0.1) is 5.92 Å². The zero-order valence-corrected chi connectivity index (χ0v) is 11.6. The van der Waals surface area contributed by atoms with Gasteiger partial charge in [0.05, 0.1) is 10.0 Å². The number of benzene rings is 1. The molecular formula is C11H12BrCl2NO. The number of aliphatic hydroxyl groups excluding tert-OH is 1. The number of halogens is 3. The molecule has 0 spiro atoms. The minimum absolute atomic E-state index is 0.00746. The van der Waals surface area contributed by atoms with E-state index in [-0.39, 0.29) is 12.0 Å². The van der Waals surface area contributed by atoms with E-state index in [2.05, 4.69) is 20.5 Å². The SMILES string of the molecule is OCC1C[C@@]1(CNBr)c1ccc(Cl)c(Cl)c1. The number of hydrogen-bond acceptors (Lipinski definition) is 2. The molecule has 2 nitrogen and oxygen atoms in total. The molecule has 5 heteroatoms. The minimum Gasteiger partial charge on any atom is -0.396 e. The Labute approximate surface area is 113 Å². The van der Waals surface area contributed by atoms with Crippen molar-refractivity contribution in [2.45, 2.75) is 11.8 Å². The van der Waals surface area contributed by atoms with Gasteiger partial charge in [0.1, 0.15) is 0 Å². The summed E-state index contributed by atoms with van der Waals surface area (Å²) < 4.78 is 2.99. The Hall–Kier alpha value is 0.200. The molecular weight excluding hydrogens is 313 g/mol. The second-order valence-corrected chi connectivity index (χ2v) is 5.55. The molecule has 1 unspecified atom stereocenters. The lowest BCUT2D eigenvalue weighted by molar-refractivity contribution is 0.263. The molecule has 1 aliphatic carbocycles. The van der Waals surface area contributed by atoms with Crippen LogP contribution in [0.15, 0.2) is 18.2 Å². The zero-order chi connectivity index (χ0) is 11.8. The first-order chi connectivity index (χ1) is 7.64. The molecule has 16 heavy (non-hydrogen) atoms. The van der Waals surface area contributed by atoms with Crippen molar-refractivity contribution in [2.24, 2.45) is 5.92 Å². The molecule has 1 aromatic rings. The van der Waals surface area contributed by atoms with Gasteiger partial charge in [0.25, 0.3) is 0 Å². The van der Waals surface area contributed by atoms with Crippen molar-refractivity contribution in [3.8, 4) is 0 Å². The first-order valence-corrected chi connectivity index (χ1v) is 6.59. The van der Waals surface area contributed by atoms with E-state index in [4.69, 9.17) is 23.2 Å². The van der Waals surface area contributed by atoms with Crippen LogP contribution in [0.2, 0.25) is 10.0 Å². The van der Waals surface area contributed by atoms with Crippen LogP contribution >= 0.6 is 39.3 Å². The third-order valence-electron chi connectivity index (χ3n) is 3.33. The highest BCUT2D eigenvalue weighted by Crippen LogP contribution is 2.54. The Balaban J connectivity index is 2.31. The third kappa shape index (κ3) is 2.12. The molecule has 0 saturated heterocycles. The van der Waals surface area contributed by atoms with Crippen molar-refractivity contribution in [1.82, 2.24) is 4.34 Å². The van der Waals surface area contributed by atoms with Gasteiger partial charge in [-0.3, -0.25) is 4.34 Å². The lowest BCUT2D eigenvalue weighted by Crippen LogP contribution is -2.23. The molecule has 0 radical (unpaired) electrons. The van der Waals surface area contributed by atoms with Gasteiger partial charge in [0.2, 0.25) is 0 Å². The van der Waals surface area contributed by atoms with Gasteiger partial charge in [0, 0.05) is 34.7 Å². The molecule has 0 aromatic heterocycles. The monoisotopic (exact) mass is 323 g/mol. The van der Waals surface area contributed by atoms with Crippen molar-refractivity contribution in [3.05, 3.63) is 33.8 Å². The van der Waals surface area contributed by atoms with Crippen LogP contribution in [-0.2, 0) is 5.41 Å². The highest BCUT2D eigenvalue weighted by atomic mass is 79.9. The molecule has 2 rings (SSSR count). The van der Waals surface area contributed by atoms with E-state index in [0.29, 0.717) is 16.0 Å². The van der Waals surface area contributed by atoms with Gasteiger partial charge in [-0.05, 0) is 30.0 Å². The van der Waals surface area contributed by atoms with E-state index in [9.17, 15) is 5.11 Å². The predicted molar refractivity (Wildman–Crippen MR) is 70.3 cm³/mol. The van der Waals surface area contributed by atoms with Crippen LogP contribution in [0.1, 0.15) is 12.0 Å². The first-order valence-electron chi connectivity index (χ1n) is 5.04. The van der Waals surface area contributed by atoms with Crippen LogP contribution in [0.3, 0.4) is 0 Å². The van der Waals surface area contributed by atoms with Crippen LogP contribution in [0.25, 0.3) is 0 Å². The molecule has 2 N–H and O–H groups in total. The fourth-order valence-electron chi connectivity index (χ4n) is 2.22. The van der Waals surface area contributed by atoms with Crippen molar-refractivity contribution >= 4 is 39.3 Å². The van der Waals surface area contributed by atoms with Crippen molar-refractivity contribution in [3.63, 3.8) is 0 Å². The van der Waals surface area contributed by atoms with Crippen LogP contribution in [0.5, 0.6) is 0 Å². The number of hydrogen-bond donors (Lipinski definition) is 2. The topological polar surface area (TPSA) is 32.3 Å². The van der Waals surface area contributed by atoms with Crippen LogP contribution in [-0.4, -0.2) is 18.3 Å². The summed E-state index contributed by atoms with van der Waals surface area (Å²) >= 11 is 15.1. The minimum atomic E-state index is -0.00746. The average Bonchev–Trinajstić information content (AvgIpc) is 2.97. The van der Waals surface area contributed by atoms with Gasteiger partial charge >= 0.3 is 0 Å². The van der Waals surface area contributed by atoms with Crippen LogP contribution < -0.4 is 4.34 Å². The second kappa shape index (κ2) is 4.83. The quantitative estimate of drug-likeness (QED) is 0.834. The summed E-state index contributed by atoms with van der Waals surface area (Å²) in [6.45, 7) is 0.977. The fourth-order valence-corrected chi connectivity index (χ4v) is 3.02. The molecule has 0 heterocycles. The lowest BCUT2D eigenvalue weighted by Gasteiger charge is -2.17. The summed E-state index contributed by atoms with van der Waals surface area (Å²) in [5.74, 6) is 0.301. The van der Waals surface area contributed by atoms with Gasteiger partial charge in [-0.2, -0.15) is 0 Å². The molecule has 0 amide bonds. The summed E-state index contributed by atoms with van der Waals surface area (Å²) in [4.78, 5) is 0. The second-order valence-electron chi connectivity index (χ2n) is 4.18. The molecule has 0 aliphatic heterocycles. The Morgan fingerprint density at radius 1 is 1.44 bits per heavy atom. The van der Waals surface area contributed by atoms with Gasteiger partial charge in [-0.15, -0.1) is 0 Å². The van der Waals surface area contributed by atoms with E-state index >= 15 is 0 Å². The normalized spacial score (nSPS) is 28.1. The Kier molecular flexibility index (Phi) is 3.82. The van der Waals surface area contributed by atoms with Crippen molar-refractivity contribution in [1.29, 1.82) is 0 Å². The zero-order valence-electron chi connectivity index (χ0n) is 8.51. The first kappa shape index (κ1) is 12.7. The summed E-state index contributed by atoms with van der Waals surface area (Å²) in [6, 6.07) is 5.68. The molecule has 1 aliphatic rings. The Morgan fingerprint density at radius 3 is 2.69 bits per heavy atom. The number of aliphatic hydroxyl groups is 1. The van der Waals surface area contributed by atoms with Crippen molar-refractivity contribution in [2.75, 3.05) is 13.2 Å². The smallest absolute Gasteiger partial charge is 0.0595 e. The maximum absolute atomic E-state index is 9.25. The van der Waals surface area contributed by atoms with Gasteiger partial charge in [-0.1, -0.05) is 29.3 Å². The molecule has 2 atom stereocenters. The third-order valence-corrected chi connectivity index (χ3v) is 4.35. The lowest BCUT2D eigenvalue weighted by atomic mass is 9.93. The van der Waals surface area contributed by atoms with Crippen molar-refractivity contribution < 1.29 is 5.11 Å². The van der Waals surface area contributed by atoms with Gasteiger partial charge < -0.3 is 5.11 Å². The Bertz CT molecular complexity index is 402. The van der Waals surface area contributed by atoms with E-state index in [1.54, 1.807) is 0 Å². The molecule has 0 bridgehead atoms. The highest BCUT2D eigenvalue weighted by Gasteiger charge is 2.54. The van der Waals surface area contributed by atoms with E-state index in [1.165, 1.54) is 0 Å². The summed E-state index contributed by atoms with van der Waals surface area (Å²) in [6.07, 6.45) is 0.972. The summed E-state index contributed by atoms with van der Waals surface area (Å²) in [7, 11) is 0. The average molecular weight is 325 g/mol. The maximum Gasteiger partial charge on any atom is 0.0595 e. The molecule has 1 fully saturated rings. The van der Waals surface area contributed by atoms with Crippen LogP contribution in [0.4, 0.5) is 0 Å². The standard InChI is InChI=1S/C11H12BrCl2NO/c12-15-6-11(4-8(11)5-16)7-1-2-9(13)10(14)3-7/h1-3,8,15-16H,4-6H2/t8?,11-/m1/s1. The van der Waals surface area contributed by atoms with E-state index < -0.39 is 0 Å². The van der Waals surface area contributed by atoms with E-state index in [1.807, 2.05) is 18.2 Å². The highest BCUT2D eigenvalue weighted by molar-refractivity contribution is 9.08. The summed E-state index contributed by atoms with van der Waals surface area (Å²) in [5, 5.41) is 10.4. The largest absolute Gasteiger partial charge is 0.396 e. The maximum atomic E-state index is 9.25. The van der Waals surface area contributed by atoms with Gasteiger partial charge in [-0.25, -0.2) is 0 Å². The van der Waals surface area contributed by atoms with Gasteiger partial charge in [0.15, 0.2) is 0 Å².